The van der Waals surface area contributed by atoms with Crippen LogP contribution in [0.15, 0.2) is 22.5 Å². The number of carbonyl (C=O) groups is 1. The molecule has 3 N–H and O–H groups in total. The summed E-state index contributed by atoms with van der Waals surface area (Å²) in [7, 11) is 0. The van der Waals surface area contributed by atoms with Crippen molar-refractivity contribution in [2.45, 2.75) is 51.5 Å². The summed E-state index contributed by atoms with van der Waals surface area (Å²) in [6, 6.07) is 4.60. The average Bonchev–Trinajstić information content (AvgIpc) is 3.21. The first-order valence-electron chi connectivity index (χ1n) is 8.62. The largest absolute Gasteiger partial charge is 0.357 e. The van der Waals surface area contributed by atoms with E-state index < -0.39 is 0 Å². The van der Waals surface area contributed by atoms with Gasteiger partial charge in [-0.2, -0.15) is 0 Å². The molecule has 7 heteroatoms. The molecule has 0 saturated heterocycles. The minimum Gasteiger partial charge on any atom is -0.357 e. The van der Waals surface area contributed by atoms with Crippen LogP contribution in [0, 0.1) is 0 Å². The van der Waals surface area contributed by atoms with E-state index in [9.17, 15) is 4.79 Å². The monoisotopic (exact) mass is 464 g/mol. The molecule has 1 aromatic heterocycles. The molecule has 24 heavy (non-hydrogen) atoms. The highest BCUT2D eigenvalue weighted by atomic mass is 127. The molecule has 1 amide bonds. The molecule has 2 rings (SSSR count). The van der Waals surface area contributed by atoms with Crippen molar-refractivity contribution in [1.82, 2.24) is 16.0 Å². The molecule has 0 aliphatic heterocycles. The van der Waals surface area contributed by atoms with E-state index in [-0.39, 0.29) is 29.9 Å². The molecule has 1 fully saturated rings. The Morgan fingerprint density at radius 3 is 2.79 bits per heavy atom. The molecular weight excluding hydrogens is 435 g/mol. The van der Waals surface area contributed by atoms with Gasteiger partial charge in [0.1, 0.15) is 0 Å². The molecule has 1 saturated carbocycles. The van der Waals surface area contributed by atoms with Crippen LogP contribution < -0.4 is 16.0 Å². The second kappa shape index (κ2) is 12.5. The van der Waals surface area contributed by atoms with Crippen molar-refractivity contribution < 1.29 is 4.79 Å². The maximum atomic E-state index is 11.9. The number of halogens is 1. The fourth-order valence-electron chi connectivity index (χ4n) is 2.74. The highest BCUT2D eigenvalue weighted by Gasteiger charge is 2.16. The Balaban J connectivity index is 0.00000288. The van der Waals surface area contributed by atoms with Gasteiger partial charge in [-0.05, 0) is 31.2 Å². The molecule has 0 radical (unpaired) electrons. The lowest BCUT2D eigenvalue weighted by atomic mass is 10.2. The highest BCUT2D eigenvalue weighted by molar-refractivity contribution is 14.0. The Labute approximate surface area is 166 Å². The number of carbonyl (C=O) groups excluding carboxylic acids is 1. The van der Waals surface area contributed by atoms with E-state index in [1.54, 1.807) is 11.3 Å². The van der Waals surface area contributed by atoms with Crippen LogP contribution in [0.4, 0.5) is 0 Å². The maximum Gasteiger partial charge on any atom is 0.221 e. The quantitative estimate of drug-likeness (QED) is 0.315. The molecule has 1 aliphatic carbocycles. The minimum absolute atomic E-state index is 0. The predicted molar refractivity (Wildman–Crippen MR) is 112 cm³/mol. The number of hydrogen-bond acceptors (Lipinski definition) is 3. The highest BCUT2D eigenvalue weighted by Crippen LogP contribution is 2.17. The van der Waals surface area contributed by atoms with Gasteiger partial charge in [0.05, 0.1) is 0 Å². The van der Waals surface area contributed by atoms with Crippen LogP contribution in [0.5, 0.6) is 0 Å². The van der Waals surface area contributed by atoms with Gasteiger partial charge < -0.3 is 16.0 Å². The van der Waals surface area contributed by atoms with E-state index in [0.29, 0.717) is 19.0 Å². The first-order chi connectivity index (χ1) is 11.3. The molecule has 5 nitrogen and oxygen atoms in total. The summed E-state index contributed by atoms with van der Waals surface area (Å²) < 4.78 is 0. The minimum atomic E-state index is 0. The van der Waals surface area contributed by atoms with Gasteiger partial charge in [-0.3, -0.25) is 9.79 Å². The van der Waals surface area contributed by atoms with Crippen molar-refractivity contribution in [1.29, 1.82) is 0 Å². The number of amides is 1. The normalized spacial score (nSPS) is 15.0. The Hall–Kier alpha value is -0.830. The zero-order chi connectivity index (χ0) is 16.3. The van der Waals surface area contributed by atoms with Gasteiger partial charge in [0.25, 0.3) is 0 Å². The first kappa shape index (κ1) is 21.2. The maximum absolute atomic E-state index is 11.9. The number of thiophene rings is 1. The smallest absolute Gasteiger partial charge is 0.221 e. The van der Waals surface area contributed by atoms with Gasteiger partial charge in [0.15, 0.2) is 5.96 Å². The SMILES string of the molecule is CCNC(=NCCc1cccs1)NCCC(=O)NC1CCCC1.I. The van der Waals surface area contributed by atoms with Crippen molar-refractivity contribution in [2.75, 3.05) is 19.6 Å². The molecule has 136 valence electrons. The summed E-state index contributed by atoms with van der Waals surface area (Å²) in [6.07, 6.45) is 6.19. The number of nitrogens with zero attached hydrogens (tertiary/aromatic N) is 1. The average molecular weight is 464 g/mol. The molecule has 0 spiro atoms. The van der Waals surface area contributed by atoms with Gasteiger partial charge in [0.2, 0.25) is 5.91 Å². The summed E-state index contributed by atoms with van der Waals surface area (Å²) in [5.41, 5.74) is 0. The number of guanidine groups is 1. The summed E-state index contributed by atoms with van der Waals surface area (Å²) in [4.78, 5) is 17.8. The number of nitrogens with one attached hydrogen (secondary N) is 3. The summed E-state index contributed by atoms with van der Waals surface area (Å²) in [6.45, 7) is 4.23. The molecule has 1 aromatic rings. The summed E-state index contributed by atoms with van der Waals surface area (Å²) in [5.74, 6) is 0.927. The van der Waals surface area contributed by atoms with E-state index in [1.165, 1.54) is 17.7 Å². The second-order valence-electron chi connectivity index (χ2n) is 5.82. The fraction of sp³-hybridized carbons (Fsp3) is 0.647. The Morgan fingerprint density at radius 1 is 1.33 bits per heavy atom. The lowest BCUT2D eigenvalue weighted by Crippen LogP contribution is -2.40. The fourth-order valence-corrected chi connectivity index (χ4v) is 3.44. The van der Waals surface area contributed by atoms with Gasteiger partial charge >= 0.3 is 0 Å². The third-order valence-corrected chi connectivity index (χ3v) is 4.85. The summed E-state index contributed by atoms with van der Waals surface area (Å²) in [5, 5.41) is 11.7. The number of rotatable bonds is 8. The van der Waals surface area contributed by atoms with Crippen molar-refractivity contribution in [3.05, 3.63) is 22.4 Å². The third kappa shape index (κ3) is 8.32. The van der Waals surface area contributed by atoms with Crippen LogP contribution in [0.1, 0.15) is 43.9 Å². The van der Waals surface area contributed by atoms with Crippen LogP contribution in [0.2, 0.25) is 0 Å². The van der Waals surface area contributed by atoms with Crippen LogP contribution in [0.3, 0.4) is 0 Å². The number of hydrogen-bond donors (Lipinski definition) is 3. The molecule has 1 heterocycles. The molecular formula is C17H29IN4OS. The predicted octanol–water partition coefficient (Wildman–Crippen LogP) is 2.91. The lowest BCUT2D eigenvalue weighted by molar-refractivity contribution is -0.121. The van der Waals surface area contributed by atoms with Crippen molar-refractivity contribution in [2.24, 2.45) is 4.99 Å². The molecule has 0 atom stereocenters. The standard InChI is InChI=1S/C17H28N4OS.HI/c1-2-18-17(19-11-9-15-8-5-13-23-15)20-12-10-16(22)21-14-6-3-4-7-14;/h5,8,13-14H,2-4,6-7,9-12H2,1H3,(H,21,22)(H2,18,19,20);1H. The Morgan fingerprint density at radius 2 is 2.12 bits per heavy atom. The van der Waals surface area contributed by atoms with Gasteiger partial charge in [-0.25, -0.2) is 0 Å². The zero-order valence-electron chi connectivity index (χ0n) is 14.3. The molecule has 0 bridgehead atoms. The van der Waals surface area contributed by atoms with E-state index in [2.05, 4.69) is 38.5 Å². The van der Waals surface area contributed by atoms with Crippen LogP contribution >= 0.6 is 35.3 Å². The molecule has 1 aliphatic rings. The van der Waals surface area contributed by atoms with Gasteiger partial charge in [-0.15, -0.1) is 35.3 Å². The van der Waals surface area contributed by atoms with E-state index in [0.717, 1.165) is 38.3 Å². The molecule has 0 unspecified atom stereocenters. The van der Waals surface area contributed by atoms with Crippen molar-refractivity contribution in [3.63, 3.8) is 0 Å². The number of aliphatic imine (C=N–C) groups is 1. The topological polar surface area (TPSA) is 65.5 Å². The van der Waals surface area contributed by atoms with Gasteiger partial charge in [0, 0.05) is 43.4 Å². The molecule has 0 aromatic carbocycles. The second-order valence-corrected chi connectivity index (χ2v) is 6.85. The Kier molecular flexibility index (Phi) is 11.1. The van der Waals surface area contributed by atoms with Crippen LogP contribution in [-0.4, -0.2) is 37.5 Å². The van der Waals surface area contributed by atoms with Crippen molar-refractivity contribution in [3.8, 4) is 0 Å². The summed E-state index contributed by atoms with van der Waals surface area (Å²) >= 11 is 1.76. The first-order valence-corrected chi connectivity index (χ1v) is 9.50. The van der Waals surface area contributed by atoms with Crippen LogP contribution in [0.25, 0.3) is 0 Å². The third-order valence-electron chi connectivity index (χ3n) is 3.92. The Bertz CT molecular complexity index is 487. The zero-order valence-corrected chi connectivity index (χ0v) is 17.5. The lowest BCUT2D eigenvalue weighted by Gasteiger charge is -2.13. The van der Waals surface area contributed by atoms with Crippen LogP contribution in [-0.2, 0) is 11.2 Å². The van der Waals surface area contributed by atoms with Gasteiger partial charge in [-0.1, -0.05) is 18.9 Å². The van der Waals surface area contributed by atoms with E-state index >= 15 is 0 Å². The van der Waals surface area contributed by atoms with Crippen molar-refractivity contribution >= 4 is 47.2 Å². The van der Waals surface area contributed by atoms with E-state index in [1.807, 2.05) is 6.92 Å². The van der Waals surface area contributed by atoms with E-state index in [4.69, 9.17) is 0 Å².